The molecule has 1 heterocycles. The largest absolute Gasteiger partial charge is 0.407 e. The Labute approximate surface area is 251 Å². The highest BCUT2D eigenvalue weighted by Crippen LogP contribution is 2.44. The molecule has 1 aliphatic heterocycles. The minimum atomic E-state index is 0.111. The molecule has 1 saturated heterocycles. The normalized spacial score (nSPS) is 14.6. The number of allylic oxidation sites excluding steroid dienone is 3. The van der Waals surface area contributed by atoms with Crippen LogP contribution in [-0.4, -0.2) is 20.1 Å². The third kappa shape index (κ3) is 6.20. The van der Waals surface area contributed by atoms with Gasteiger partial charge in [0.05, 0.1) is 0 Å². The first-order chi connectivity index (χ1) is 19.6. The zero-order valence-corrected chi connectivity index (χ0v) is 27.0. The average molecular weight is 547 g/mol. The van der Waals surface area contributed by atoms with Gasteiger partial charge in [-0.25, -0.2) is 0 Å². The lowest BCUT2D eigenvalue weighted by Gasteiger charge is -2.37. The Morgan fingerprint density at radius 2 is 1.05 bits per heavy atom. The van der Waals surface area contributed by atoms with Gasteiger partial charge in [-0.05, 0) is 70.4 Å². The summed E-state index contributed by atoms with van der Waals surface area (Å²) >= 11 is 0. The molecule has 0 bridgehead atoms. The van der Waals surface area contributed by atoms with Gasteiger partial charge in [-0.2, -0.15) is 0 Å². The monoisotopic (exact) mass is 546 g/mol. The van der Waals surface area contributed by atoms with Crippen LogP contribution in [-0.2, 0) is 0 Å². The number of rotatable bonds is 10. The van der Waals surface area contributed by atoms with E-state index in [1.54, 1.807) is 0 Å². The number of para-hydroxylation sites is 2. The van der Waals surface area contributed by atoms with Crippen molar-refractivity contribution in [1.82, 2.24) is 0 Å². The fourth-order valence-corrected chi connectivity index (χ4v) is 6.70. The predicted octanol–water partition coefficient (Wildman–Crippen LogP) is 10.6. The number of benzene rings is 3. The van der Waals surface area contributed by atoms with E-state index in [-0.39, 0.29) is 6.98 Å². The second-order valence-corrected chi connectivity index (χ2v) is 13.0. The maximum atomic E-state index is 4.18. The average Bonchev–Trinajstić information content (AvgIpc) is 3.39. The van der Waals surface area contributed by atoms with E-state index in [1.807, 2.05) is 0 Å². The Hall–Kier alpha value is -3.20. The second kappa shape index (κ2) is 13.2. The molecule has 0 aromatic heterocycles. The van der Waals surface area contributed by atoms with Gasteiger partial charge in [-0.1, -0.05) is 134 Å². The van der Waals surface area contributed by atoms with Gasteiger partial charge in [0.2, 0.25) is 0 Å². The highest BCUT2D eigenvalue weighted by molar-refractivity contribution is 6.76. The van der Waals surface area contributed by atoms with E-state index in [2.05, 4.69) is 151 Å². The molecular weight excluding hydrogens is 495 g/mol. The van der Waals surface area contributed by atoms with Gasteiger partial charge in [0.15, 0.2) is 0 Å². The molecule has 0 spiro atoms. The van der Waals surface area contributed by atoms with E-state index in [1.165, 1.54) is 50.2 Å². The molecule has 1 fully saturated rings. The Morgan fingerprint density at radius 1 is 0.659 bits per heavy atom. The lowest BCUT2D eigenvalue weighted by Crippen LogP contribution is -2.47. The molecule has 0 atom stereocenters. The first-order valence-corrected chi connectivity index (χ1v) is 15.7. The predicted molar refractivity (Wildman–Crippen MR) is 184 cm³/mol. The maximum Gasteiger partial charge on any atom is 0.407 e. The summed E-state index contributed by atoms with van der Waals surface area (Å²) in [5, 5.41) is 0. The van der Waals surface area contributed by atoms with Crippen molar-refractivity contribution in [2.75, 3.05) is 22.7 Å². The molecule has 3 heteroatoms. The van der Waals surface area contributed by atoms with Gasteiger partial charge in [0, 0.05) is 24.5 Å². The lowest BCUT2D eigenvalue weighted by atomic mass is 9.61. The summed E-state index contributed by atoms with van der Waals surface area (Å²) in [5.74, 6) is 1.77. The minimum absolute atomic E-state index is 0.111. The van der Waals surface area contributed by atoms with E-state index >= 15 is 0 Å². The molecule has 0 N–H and O–H groups in total. The van der Waals surface area contributed by atoms with E-state index in [0.29, 0.717) is 23.7 Å². The summed E-state index contributed by atoms with van der Waals surface area (Å²) in [6, 6.07) is 24.9. The van der Waals surface area contributed by atoms with Crippen molar-refractivity contribution >= 4 is 23.9 Å². The summed E-state index contributed by atoms with van der Waals surface area (Å²) in [6.07, 6.45) is 2.92. The molecule has 4 rings (SSSR count). The quantitative estimate of drug-likeness (QED) is 0.184. The lowest BCUT2D eigenvalue weighted by molar-refractivity contribution is 0.821. The molecule has 3 aromatic rings. The summed E-state index contributed by atoms with van der Waals surface area (Å²) in [5.41, 5.74) is 12.7. The molecule has 0 unspecified atom stereocenters. The van der Waals surface area contributed by atoms with E-state index in [4.69, 9.17) is 0 Å². The van der Waals surface area contributed by atoms with Crippen LogP contribution in [0.5, 0.6) is 0 Å². The minimum Gasteiger partial charge on any atom is -0.390 e. The Bertz CT molecular complexity index is 1240. The molecule has 216 valence electrons. The van der Waals surface area contributed by atoms with Crippen LogP contribution >= 0.6 is 0 Å². The molecule has 0 radical (unpaired) electrons. The van der Waals surface area contributed by atoms with Gasteiger partial charge < -0.3 is 9.62 Å². The van der Waals surface area contributed by atoms with Gasteiger partial charge >= 0.3 is 6.98 Å². The molecule has 41 heavy (non-hydrogen) atoms. The first kappa shape index (κ1) is 30.8. The summed E-state index contributed by atoms with van der Waals surface area (Å²) in [6.45, 7) is 27.4. The SMILES string of the molecule is C=CC/C(=C(/C)B1N(c2c(C(C)C)cccc2C(C)C)CCN1c1c(C(C)C)cccc1C(C)C)c1ccccc1. The Morgan fingerprint density at radius 3 is 1.39 bits per heavy atom. The first-order valence-electron chi connectivity index (χ1n) is 15.7. The number of hydrogen-bond acceptors (Lipinski definition) is 2. The molecular formula is C38H51BN2. The smallest absolute Gasteiger partial charge is 0.390 e. The zero-order valence-electron chi connectivity index (χ0n) is 27.0. The van der Waals surface area contributed by atoms with Crippen LogP contribution in [0.4, 0.5) is 11.4 Å². The van der Waals surface area contributed by atoms with Crippen molar-refractivity contribution in [1.29, 1.82) is 0 Å². The van der Waals surface area contributed by atoms with Crippen molar-refractivity contribution in [3.05, 3.63) is 113 Å². The van der Waals surface area contributed by atoms with Crippen molar-refractivity contribution in [3.8, 4) is 0 Å². The van der Waals surface area contributed by atoms with E-state index in [9.17, 15) is 0 Å². The van der Waals surface area contributed by atoms with E-state index < -0.39 is 0 Å². The topological polar surface area (TPSA) is 6.48 Å². The summed E-state index contributed by atoms with van der Waals surface area (Å²) in [7, 11) is 0. The fourth-order valence-electron chi connectivity index (χ4n) is 6.70. The molecule has 3 aromatic carbocycles. The van der Waals surface area contributed by atoms with Gasteiger partial charge in [-0.15, -0.1) is 6.58 Å². The number of anilines is 2. The van der Waals surface area contributed by atoms with E-state index in [0.717, 1.165) is 19.5 Å². The summed E-state index contributed by atoms with van der Waals surface area (Å²) < 4.78 is 0. The third-order valence-corrected chi connectivity index (χ3v) is 8.77. The van der Waals surface area contributed by atoms with Crippen LogP contribution in [0.15, 0.2) is 84.9 Å². The Balaban J connectivity index is 2.06. The molecule has 0 aliphatic carbocycles. The highest BCUT2D eigenvalue weighted by atomic mass is 15.3. The maximum absolute atomic E-state index is 4.18. The van der Waals surface area contributed by atoms with Crippen LogP contribution in [0.3, 0.4) is 0 Å². The van der Waals surface area contributed by atoms with Gasteiger partial charge in [0.1, 0.15) is 0 Å². The standard InChI is InChI=1S/C38H51BN2/c1-11-17-36(31-18-13-12-14-19-31)30(10)39-40(37-32(26(2)3)20-15-21-33(37)27(4)5)24-25-41(39)38-34(28(6)7)22-16-23-35(38)29(8)9/h11-16,18-23,26-29H,1,17,24-25H2,2-10H3/b36-30+. The van der Waals surface area contributed by atoms with Crippen molar-refractivity contribution < 1.29 is 0 Å². The highest BCUT2D eigenvalue weighted by Gasteiger charge is 2.43. The van der Waals surface area contributed by atoms with Gasteiger partial charge in [0.25, 0.3) is 0 Å². The Kier molecular flexibility index (Phi) is 9.90. The number of nitrogens with zero attached hydrogens (tertiary/aromatic N) is 2. The van der Waals surface area contributed by atoms with Crippen LogP contribution in [0.2, 0.25) is 0 Å². The molecule has 1 aliphatic rings. The zero-order chi connectivity index (χ0) is 29.8. The molecule has 0 saturated carbocycles. The van der Waals surface area contributed by atoms with Crippen molar-refractivity contribution in [3.63, 3.8) is 0 Å². The van der Waals surface area contributed by atoms with Gasteiger partial charge in [-0.3, -0.25) is 0 Å². The van der Waals surface area contributed by atoms with Crippen LogP contribution in [0.1, 0.15) is 120 Å². The summed E-state index contributed by atoms with van der Waals surface area (Å²) in [4.78, 5) is 5.49. The third-order valence-electron chi connectivity index (χ3n) is 8.77. The van der Waals surface area contributed by atoms with Crippen molar-refractivity contribution in [2.24, 2.45) is 0 Å². The second-order valence-electron chi connectivity index (χ2n) is 13.0. The molecule has 0 amide bonds. The van der Waals surface area contributed by atoms with Crippen LogP contribution < -0.4 is 9.62 Å². The fraction of sp³-hybridized carbons (Fsp3) is 0.421. The van der Waals surface area contributed by atoms with Crippen molar-refractivity contribution in [2.45, 2.75) is 92.4 Å². The molecule has 2 nitrogen and oxygen atoms in total. The van der Waals surface area contributed by atoms with Crippen LogP contribution in [0, 0.1) is 0 Å². The number of hydrogen-bond donors (Lipinski definition) is 0. The van der Waals surface area contributed by atoms with Crippen LogP contribution in [0.25, 0.3) is 5.57 Å².